The van der Waals surface area contributed by atoms with Crippen LogP contribution in [0.5, 0.6) is 0 Å². The van der Waals surface area contributed by atoms with E-state index >= 15 is 0 Å². The van der Waals surface area contributed by atoms with Crippen LogP contribution in [0.1, 0.15) is 16.7 Å². The van der Waals surface area contributed by atoms with E-state index < -0.39 is 5.97 Å². The van der Waals surface area contributed by atoms with Crippen molar-refractivity contribution in [2.75, 3.05) is 0 Å². The fourth-order valence-corrected chi connectivity index (χ4v) is 1.80. The van der Waals surface area contributed by atoms with E-state index in [-0.39, 0.29) is 6.61 Å². The monoisotopic (exact) mass is 297 g/mol. The minimum absolute atomic E-state index is 0.138. The molecule has 0 saturated heterocycles. The second kappa shape index (κ2) is 7.28. The van der Waals surface area contributed by atoms with Gasteiger partial charge in [0.25, 0.3) is 0 Å². The van der Waals surface area contributed by atoms with E-state index in [2.05, 4.69) is 0 Å². The third-order valence-electron chi connectivity index (χ3n) is 2.72. The van der Waals surface area contributed by atoms with Gasteiger partial charge in [-0.15, -0.1) is 0 Å². The number of nitriles is 1. The van der Waals surface area contributed by atoms with Crippen molar-refractivity contribution in [1.82, 2.24) is 0 Å². The molecule has 2 aromatic carbocycles. The lowest BCUT2D eigenvalue weighted by Gasteiger charge is -2.02. The summed E-state index contributed by atoms with van der Waals surface area (Å²) in [6.45, 7) is 0.138. The minimum atomic E-state index is -0.438. The molecule has 0 atom stereocenters. The fraction of sp³-hybridized carbons (Fsp3) is 0.0588. The van der Waals surface area contributed by atoms with Crippen molar-refractivity contribution in [2.24, 2.45) is 0 Å². The van der Waals surface area contributed by atoms with Crippen molar-refractivity contribution >= 4 is 23.6 Å². The van der Waals surface area contributed by atoms with Crippen molar-refractivity contribution in [1.29, 1.82) is 5.26 Å². The Morgan fingerprint density at radius 3 is 2.71 bits per heavy atom. The summed E-state index contributed by atoms with van der Waals surface area (Å²) in [5.74, 6) is -0.438. The molecule has 21 heavy (non-hydrogen) atoms. The van der Waals surface area contributed by atoms with E-state index in [9.17, 15) is 4.79 Å². The van der Waals surface area contributed by atoms with E-state index in [1.807, 2.05) is 18.2 Å². The maximum atomic E-state index is 11.6. The summed E-state index contributed by atoms with van der Waals surface area (Å²) >= 11 is 5.78. The molecule has 0 radical (unpaired) electrons. The topological polar surface area (TPSA) is 50.1 Å². The summed E-state index contributed by atoms with van der Waals surface area (Å²) in [4.78, 5) is 11.6. The first-order valence-corrected chi connectivity index (χ1v) is 6.64. The zero-order valence-corrected chi connectivity index (χ0v) is 11.9. The number of halogens is 1. The average Bonchev–Trinajstić information content (AvgIpc) is 2.52. The summed E-state index contributed by atoms with van der Waals surface area (Å²) in [5.41, 5.74) is 2.19. The van der Waals surface area contributed by atoms with Gasteiger partial charge in [-0.05, 0) is 41.5 Å². The Labute approximate surface area is 128 Å². The molecule has 0 saturated carbocycles. The molecule has 0 N–H and O–H groups in total. The molecule has 0 fully saturated rings. The average molecular weight is 298 g/mol. The van der Waals surface area contributed by atoms with Crippen molar-refractivity contribution < 1.29 is 9.53 Å². The highest BCUT2D eigenvalue weighted by atomic mass is 35.5. The van der Waals surface area contributed by atoms with Crippen molar-refractivity contribution in [3.8, 4) is 6.07 Å². The fourth-order valence-electron chi connectivity index (χ4n) is 1.67. The van der Waals surface area contributed by atoms with Crippen LogP contribution < -0.4 is 0 Å². The lowest BCUT2D eigenvalue weighted by atomic mass is 10.1. The van der Waals surface area contributed by atoms with Crippen LogP contribution in [0.3, 0.4) is 0 Å². The number of nitrogens with zero attached hydrogens (tertiary/aromatic N) is 1. The van der Waals surface area contributed by atoms with Gasteiger partial charge in [0, 0.05) is 11.1 Å². The Balaban J connectivity index is 1.90. The second-order valence-electron chi connectivity index (χ2n) is 4.30. The van der Waals surface area contributed by atoms with E-state index in [0.29, 0.717) is 10.6 Å². The van der Waals surface area contributed by atoms with Crippen LogP contribution in [-0.4, -0.2) is 5.97 Å². The predicted octanol–water partition coefficient (Wildman–Crippen LogP) is 3.97. The molecular formula is C17H12ClNO2. The highest BCUT2D eigenvalue weighted by Crippen LogP contribution is 2.11. The Morgan fingerprint density at radius 1 is 1.24 bits per heavy atom. The van der Waals surface area contributed by atoms with Crippen LogP contribution in [0.4, 0.5) is 0 Å². The van der Waals surface area contributed by atoms with Gasteiger partial charge in [-0.1, -0.05) is 35.9 Å². The van der Waals surface area contributed by atoms with Gasteiger partial charge in [0.2, 0.25) is 0 Å². The van der Waals surface area contributed by atoms with Gasteiger partial charge in [-0.25, -0.2) is 4.79 Å². The number of esters is 1. The number of rotatable bonds is 4. The number of carbonyl (C=O) groups excluding carboxylic acids is 1. The molecule has 0 unspecified atom stereocenters. The molecular weight excluding hydrogens is 286 g/mol. The Bertz CT molecular complexity index is 699. The molecule has 0 bridgehead atoms. The molecule has 2 aromatic rings. The zero-order chi connectivity index (χ0) is 15.1. The third kappa shape index (κ3) is 4.79. The maximum absolute atomic E-state index is 11.6. The number of hydrogen-bond donors (Lipinski definition) is 0. The molecule has 0 spiro atoms. The molecule has 0 aromatic heterocycles. The number of benzene rings is 2. The highest BCUT2D eigenvalue weighted by Gasteiger charge is 2.00. The molecule has 2 rings (SSSR count). The van der Waals surface area contributed by atoms with Gasteiger partial charge in [-0.2, -0.15) is 5.26 Å². The Hall–Kier alpha value is -2.57. The quantitative estimate of drug-likeness (QED) is 0.634. The van der Waals surface area contributed by atoms with E-state index in [0.717, 1.165) is 11.1 Å². The van der Waals surface area contributed by atoms with Crippen LogP contribution in [0.2, 0.25) is 5.02 Å². The number of ether oxygens (including phenoxy) is 1. The first-order valence-electron chi connectivity index (χ1n) is 6.27. The van der Waals surface area contributed by atoms with Gasteiger partial charge < -0.3 is 4.74 Å². The summed E-state index contributed by atoms with van der Waals surface area (Å²) in [6, 6.07) is 16.1. The van der Waals surface area contributed by atoms with Gasteiger partial charge in [-0.3, -0.25) is 0 Å². The summed E-state index contributed by atoms with van der Waals surface area (Å²) < 4.78 is 5.11. The maximum Gasteiger partial charge on any atom is 0.331 e. The summed E-state index contributed by atoms with van der Waals surface area (Å²) in [5, 5.41) is 9.44. The largest absolute Gasteiger partial charge is 0.458 e. The summed E-state index contributed by atoms with van der Waals surface area (Å²) in [7, 11) is 0. The third-order valence-corrected chi connectivity index (χ3v) is 2.97. The molecule has 0 amide bonds. The van der Waals surface area contributed by atoms with Gasteiger partial charge in [0.15, 0.2) is 0 Å². The van der Waals surface area contributed by atoms with Gasteiger partial charge in [0.1, 0.15) is 6.61 Å². The van der Waals surface area contributed by atoms with Crippen LogP contribution in [0, 0.1) is 11.3 Å². The second-order valence-corrected chi connectivity index (χ2v) is 4.74. The number of carbonyl (C=O) groups is 1. The van der Waals surface area contributed by atoms with E-state index in [4.69, 9.17) is 21.6 Å². The molecule has 0 aliphatic carbocycles. The molecule has 0 heterocycles. The zero-order valence-electron chi connectivity index (χ0n) is 11.1. The number of hydrogen-bond acceptors (Lipinski definition) is 3. The molecule has 104 valence electrons. The standard InChI is InChI=1S/C17H12ClNO2/c18-16-7-4-13(5-8-16)6-9-17(20)21-12-15-3-1-2-14(10-15)11-19/h1-10H,12H2/b9-6+. The lowest BCUT2D eigenvalue weighted by molar-refractivity contribution is -0.138. The van der Waals surface area contributed by atoms with Crippen LogP contribution in [0.15, 0.2) is 54.6 Å². The first-order chi connectivity index (χ1) is 10.2. The molecule has 0 aliphatic heterocycles. The van der Waals surface area contributed by atoms with E-state index in [1.54, 1.807) is 42.5 Å². The highest BCUT2D eigenvalue weighted by molar-refractivity contribution is 6.30. The lowest BCUT2D eigenvalue weighted by Crippen LogP contribution is -2.00. The normalized spacial score (nSPS) is 10.3. The Morgan fingerprint density at radius 2 is 2.00 bits per heavy atom. The van der Waals surface area contributed by atoms with Crippen LogP contribution in [0.25, 0.3) is 6.08 Å². The predicted molar refractivity (Wildman–Crippen MR) is 81.4 cm³/mol. The minimum Gasteiger partial charge on any atom is -0.458 e. The SMILES string of the molecule is N#Cc1cccc(COC(=O)/C=C/c2ccc(Cl)cc2)c1. The first kappa shape index (κ1) is 14.8. The summed E-state index contributed by atoms with van der Waals surface area (Å²) in [6.07, 6.45) is 3.02. The molecule has 3 nitrogen and oxygen atoms in total. The van der Waals surface area contributed by atoms with Crippen molar-refractivity contribution in [3.63, 3.8) is 0 Å². The molecule has 4 heteroatoms. The van der Waals surface area contributed by atoms with Gasteiger partial charge >= 0.3 is 5.97 Å². The van der Waals surface area contributed by atoms with Crippen molar-refractivity contribution in [2.45, 2.75) is 6.61 Å². The van der Waals surface area contributed by atoms with Crippen LogP contribution >= 0.6 is 11.6 Å². The van der Waals surface area contributed by atoms with Crippen LogP contribution in [-0.2, 0) is 16.1 Å². The van der Waals surface area contributed by atoms with E-state index in [1.165, 1.54) is 6.08 Å². The van der Waals surface area contributed by atoms with Crippen molar-refractivity contribution in [3.05, 3.63) is 76.3 Å². The molecule has 0 aliphatic rings. The van der Waals surface area contributed by atoms with Gasteiger partial charge in [0.05, 0.1) is 11.6 Å². The smallest absolute Gasteiger partial charge is 0.331 e. The Kier molecular flexibility index (Phi) is 5.14.